The lowest BCUT2D eigenvalue weighted by molar-refractivity contribution is 0.238. The summed E-state index contributed by atoms with van der Waals surface area (Å²) in [6.45, 7) is 5.73. The molecule has 0 saturated heterocycles. The van der Waals surface area contributed by atoms with Crippen LogP contribution in [0.25, 0.3) is 0 Å². The monoisotopic (exact) mass is 310 g/mol. The third kappa shape index (κ3) is 3.35. The Hall–Kier alpha value is -2.00. The Labute approximate surface area is 139 Å². The van der Waals surface area contributed by atoms with Crippen molar-refractivity contribution < 1.29 is 4.74 Å². The van der Waals surface area contributed by atoms with Crippen molar-refractivity contribution in [1.29, 1.82) is 0 Å². The van der Waals surface area contributed by atoms with Crippen LogP contribution in [0.2, 0.25) is 0 Å². The van der Waals surface area contributed by atoms with Crippen LogP contribution in [0.3, 0.4) is 0 Å². The van der Waals surface area contributed by atoms with Gasteiger partial charge in [0.1, 0.15) is 5.75 Å². The predicted molar refractivity (Wildman–Crippen MR) is 96.1 cm³/mol. The molecule has 0 saturated carbocycles. The fraction of sp³-hybridized carbons (Fsp3) is 0.400. The fourth-order valence-electron chi connectivity index (χ4n) is 3.43. The third-order valence-electron chi connectivity index (χ3n) is 4.39. The molecule has 0 aliphatic carbocycles. The molecule has 0 spiro atoms. The fourth-order valence-corrected chi connectivity index (χ4v) is 3.43. The van der Waals surface area contributed by atoms with Gasteiger partial charge in [-0.25, -0.2) is 0 Å². The highest BCUT2D eigenvalue weighted by atomic mass is 16.5. The minimum absolute atomic E-state index is 0.145. The van der Waals surface area contributed by atoms with Crippen molar-refractivity contribution in [1.82, 2.24) is 0 Å². The second-order valence-corrected chi connectivity index (χ2v) is 6.38. The number of nitrogens with zero attached hydrogens (tertiary/aromatic N) is 1. The standard InChI is InChI=1S/C20H26N2O/c1-15(2)23-20-12-6-4-10-17(20)19(14-21)22-13-7-9-16-8-3-5-11-18(16)22/h3-6,8,10-12,15,19H,7,9,13-14,21H2,1-2H3. The normalized spacial score (nSPS) is 15.4. The number of nitrogens with two attached hydrogens (primary N) is 1. The number of aryl methyl sites for hydroxylation is 1. The number of hydrogen-bond donors (Lipinski definition) is 1. The van der Waals surface area contributed by atoms with Crippen molar-refractivity contribution in [2.45, 2.75) is 38.8 Å². The van der Waals surface area contributed by atoms with Crippen LogP contribution >= 0.6 is 0 Å². The molecular weight excluding hydrogens is 284 g/mol. The van der Waals surface area contributed by atoms with Gasteiger partial charge in [0.15, 0.2) is 0 Å². The van der Waals surface area contributed by atoms with Crippen molar-refractivity contribution in [2.75, 3.05) is 18.0 Å². The Bertz CT molecular complexity index is 654. The lowest BCUT2D eigenvalue weighted by Crippen LogP contribution is -2.37. The highest BCUT2D eigenvalue weighted by Crippen LogP contribution is 2.36. The van der Waals surface area contributed by atoms with Gasteiger partial charge in [-0.3, -0.25) is 0 Å². The first-order valence-corrected chi connectivity index (χ1v) is 8.51. The number of ether oxygens (including phenoxy) is 1. The van der Waals surface area contributed by atoms with Gasteiger partial charge in [-0.15, -0.1) is 0 Å². The predicted octanol–water partition coefficient (Wildman–Crippen LogP) is 3.93. The molecule has 0 amide bonds. The molecule has 0 aromatic heterocycles. The molecule has 1 aliphatic rings. The van der Waals surface area contributed by atoms with Crippen LogP contribution in [0.15, 0.2) is 48.5 Å². The second kappa shape index (κ2) is 7.05. The van der Waals surface area contributed by atoms with Crippen molar-refractivity contribution >= 4 is 5.69 Å². The highest BCUT2D eigenvalue weighted by Gasteiger charge is 2.26. The minimum Gasteiger partial charge on any atom is -0.491 e. The number of fused-ring (bicyclic) bond motifs is 1. The zero-order chi connectivity index (χ0) is 16.2. The van der Waals surface area contributed by atoms with Gasteiger partial charge < -0.3 is 15.4 Å². The zero-order valence-corrected chi connectivity index (χ0v) is 14.0. The summed E-state index contributed by atoms with van der Waals surface area (Å²) in [6.07, 6.45) is 2.47. The quantitative estimate of drug-likeness (QED) is 0.909. The van der Waals surface area contributed by atoms with Gasteiger partial charge in [0.05, 0.1) is 12.1 Å². The maximum absolute atomic E-state index is 6.20. The van der Waals surface area contributed by atoms with Gasteiger partial charge in [-0.2, -0.15) is 0 Å². The Morgan fingerprint density at radius 2 is 1.83 bits per heavy atom. The Morgan fingerprint density at radius 1 is 1.09 bits per heavy atom. The first-order valence-electron chi connectivity index (χ1n) is 8.51. The number of para-hydroxylation sites is 2. The summed E-state index contributed by atoms with van der Waals surface area (Å²) in [5.41, 5.74) is 10.1. The molecule has 2 N–H and O–H groups in total. The molecule has 3 rings (SSSR count). The van der Waals surface area contributed by atoms with Crippen LogP contribution in [-0.2, 0) is 6.42 Å². The van der Waals surface area contributed by atoms with Crippen LogP contribution in [0.5, 0.6) is 5.75 Å². The molecule has 0 radical (unpaired) electrons. The summed E-state index contributed by atoms with van der Waals surface area (Å²) in [5.74, 6) is 0.945. The van der Waals surface area contributed by atoms with E-state index in [1.807, 2.05) is 12.1 Å². The average Bonchev–Trinajstić information content (AvgIpc) is 2.57. The molecule has 1 unspecified atom stereocenters. The number of benzene rings is 2. The lowest BCUT2D eigenvalue weighted by Gasteiger charge is -2.38. The van der Waals surface area contributed by atoms with Crippen molar-refractivity contribution in [3.63, 3.8) is 0 Å². The molecule has 0 fully saturated rings. The first-order chi connectivity index (χ1) is 11.2. The Morgan fingerprint density at radius 3 is 2.61 bits per heavy atom. The maximum Gasteiger partial charge on any atom is 0.125 e. The molecule has 0 bridgehead atoms. The molecule has 1 aliphatic heterocycles. The summed E-state index contributed by atoms with van der Waals surface area (Å²) in [4.78, 5) is 2.45. The van der Waals surface area contributed by atoms with Gasteiger partial charge in [-0.05, 0) is 44.4 Å². The summed E-state index contributed by atoms with van der Waals surface area (Å²) in [5, 5.41) is 0. The van der Waals surface area contributed by atoms with E-state index in [0.717, 1.165) is 18.7 Å². The van der Waals surface area contributed by atoms with Crippen LogP contribution in [0.4, 0.5) is 5.69 Å². The van der Waals surface area contributed by atoms with E-state index >= 15 is 0 Å². The summed E-state index contributed by atoms with van der Waals surface area (Å²) < 4.78 is 6.02. The number of rotatable bonds is 5. The summed E-state index contributed by atoms with van der Waals surface area (Å²) in [6, 6.07) is 17.1. The molecule has 1 atom stereocenters. The van der Waals surface area contributed by atoms with Crippen molar-refractivity contribution in [2.24, 2.45) is 5.73 Å². The van der Waals surface area contributed by atoms with Crippen molar-refractivity contribution in [3.8, 4) is 5.75 Å². The molecule has 3 nitrogen and oxygen atoms in total. The largest absolute Gasteiger partial charge is 0.491 e. The van der Waals surface area contributed by atoms with Gasteiger partial charge in [0.25, 0.3) is 0 Å². The van der Waals surface area contributed by atoms with E-state index in [0.29, 0.717) is 6.54 Å². The van der Waals surface area contributed by atoms with E-state index < -0.39 is 0 Å². The molecular formula is C20H26N2O. The van der Waals surface area contributed by atoms with E-state index in [1.54, 1.807) is 0 Å². The third-order valence-corrected chi connectivity index (χ3v) is 4.39. The van der Waals surface area contributed by atoms with E-state index in [1.165, 1.54) is 23.2 Å². The van der Waals surface area contributed by atoms with Crippen molar-refractivity contribution in [3.05, 3.63) is 59.7 Å². The van der Waals surface area contributed by atoms with Crippen LogP contribution in [0, 0.1) is 0 Å². The van der Waals surface area contributed by atoms with Crippen LogP contribution in [0.1, 0.15) is 37.4 Å². The Kier molecular flexibility index (Phi) is 4.87. The van der Waals surface area contributed by atoms with E-state index in [2.05, 4.69) is 55.1 Å². The zero-order valence-electron chi connectivity index (χ0n) is 14.0. The topological polar surface area (TPSA) is 38.5 Å². The molecule has 2 aromatic carbocycles. The second-order valence-electron chi connectivity index (χ2n) is 6.38. The maximum atomic E-state index is 6.20. The highest BCUT2D eigenvalue weighted by molar-refractivity contribution is 5.58. The van der Waals surface area contributed by atoms with E-state index in [4.69, 9.17) is 10.5 Å². The smallest absolute Gasteiger partial charge is 0.125 e. The molecule has 1 heterocycles. The molecule has 23 heavy (non-hydrogen) atoms. The molecule has 2 aromatic rings. The van der Waals surface area contributed by atoms with E-state index in [-0.39, 0.29) is 12.1 Å². The lowest BCUT2D eigenvalue weighted by atomic mass is 9.96. The van der Waals surface area contributed by atoms with E-state index in [9.17, 15) is 0 Å². The minimum atomic E-state index is 0.145. The molecule has 3 heteroatoms. The summed E-state index contributed by atoms with van der Waals surface area (Å²) >= 11 is 0. The SMILES string of the molecule is CC(C)Oc1ccccc1C(CN)N1CCCc2ccccc21. The number of hydrogen-bond acceptors (Lipinski definition) is 3. The summed E-state index contributed by atoms with van der Waals surface area (Å²) in [7, 11) is 0. The van der Waals surface area contributed by atoms with Gasteiger partial charge >= 0.3 is 0 Å². The Balaban J connectivity index is 1.98. The van der Waals surface area contributed by atoms with Gasteiger partial charge in [0.2, 0.25) is 0 Å². The van der Waals surface area contributed by atoms with Crippen LogP contribution in [-0.4, -0.2) is 19.2 Å². The van der Waals surface area contributed by atoms with Gasteiger partial charge in [0, 0.05) is 24.3 Å². The van der Waals surface area contributed by atoms with Crippen LogP contribution < -0.4 is 15.4 Å². The van der Waals surface area contributed by atoms with Gasteiger partial charge in [-0.1, -0.05) is 36.4 Å². The molecule has 122 valence electrons. The number of anilines is 1. The first kappa shape index (κ1) is 15.9. The average molecular weight is 310 g/mol.